The first-order valence-corrected chi connectivity index (χ1v) is 10.7. The number of halogens is 3. The minimum absolute atomic E-state index is 0.183. The van der Waals surface area contributed by atoms with E-state index in [-0.39, 0.29) is 16.6 Å². The number of fused-ring (bicyclic) bond motifs is 1. The van der Waals surface area contributed by atoms with Gasteiger partial charge in [-0.2, -0.15) is 0 Å². The Morgan fingerprint density at radius 2 is 1.69 bits per heavy atom. The molecule has 1 heterocycles. The van der Waals surface area contributed by atoms with Gasteiger partial charge in [0.2, 0.25) is 0 Å². The quantitative estimate of drug-likeness (QED) is 0.249. The van der Waals surface area contributed by atoms with Crippen molar-refractivity contribution in [2.75, 3.05) is 7.11 Å². The second-order valence-electron chi connectivity index (χ2n) is 7.16. The lowest BCUT2D eigenvalue weighted by atomic mass is 10.0. The molecule has 1 aromatic heterocycles. The van der Waals surface area contributed by atoms with E-state index in [1.807, 2.05) is 30.3 Å². The maximum absolute atomic E-state index is 15.1. The third-order valence-corrected chi connectivity index (χ3v) is 6.14. The average Bonchev–Trinajstić information content (AvgIpc) is 2.80. The maximum atomic E-state index is 15.1. The highest BCUT2D eigenvalue weighted by molar-refractivity contribution is 7.98. The van der Waals surface area contributed by atoms with Crippen molar-refractivity contribution >= 4 is 28.6 Å². The molecule has 162 valence electrons. The van der Waals surface area contributed by atoms with Crippen molar-refractivity contribution in [3.8, 4) is 11.3 Å². The van der Waals surface area contributed by atoms with Gasteiger partial charge in [0.1, 0.15) is 17.3 Å². The first-order chi connectivity index (χ1) is 15.4. The Balaban J connectivity index is 1.75. The molecular weight excluding hydrogens is 435 g/mol. The molecular formula is C25H18F3NO2S. The number of pyridine rings is 1. The number of aryl methyl sites for hydroxylation is 1. The monoisotopic (exact) mass is 453 g/mol. The molecule has 3 nitrogen and oxygen atoms in total. The highest BCUT2D eigenvalue weighted by Crippen LogP contribution is 2.35. The summed E-state index contributed by atoms with van der Waals surface area (Å²) in [5.41, 5.74) is 0.664. The van der Waals surface area contributed by atoms with Crippen molar-refractivity contribution in [3.05, 3.63) is 94.8 Å². The highest BCUT2D eigenvalue weighted by atomic mass is 32.2. The van der Waals surface area contributed by atoms with Crippen LogP contribution in [0.3, 0.4) is 0 Å². The summed E-state index contributed by atoms with van der Waals surface area (Å²) in [6.45, 7) is 1.50. The number of hydrogen-bond donors (Lipinski definition) is 0. The van der Waals surface area contributed by atoms with E-state index >= 15 is 4.39 Å². The maximum Gasteiger partial charge on any atom is 0.337 e. The zero-order valence-corrected chi connectivity index (χ0v) is 18.1. The lowest BCUT2D eigenvalue weighted by Gasteiger charge is -2.12. The summed E-state index contributed by atoms with van der Waals surface area (Å²) in [5, 5.41) is 0.440. The molecule has 4 aromatic rings. The standard InChI is InChI=1S/C25H18F3NO2S/c1-14-18-9-8-16(25(30)31-2)10-21(18)29-24(23(14)28)22-19(26)11-17(12-20(22)27)32-13-15-6-4-3-5-7-15/h3-12H,13H2,1-2H3. The van der Waals surface area contributed by atoms with E-state index in [1.54, 1.807) is 0 Å². The van der Waals surface area contributed by atoms with Gasteiger partial charge in [0.05, 0.1) is 23.8 Å². The van der Waals surface area contributed by atoms with Crippen molar-refractivity contribution in [1.29, 1.82) is 0 Å². The van der Waals surface area contributed by atoms with Crippen molar-refractivity contribution in [2.45, 2.75) is 17.6 Å². The number of aromatic nitrogens is 1. The number of methoxy groups -OCH3 is 1. The van der Waals surface area contributed by atoms with Crippen LogP contribution in [0.15, 0.2) is 65.6 Å². The fourth-order valence-electron chi connectivity index (χ4n) is 3.42. The lowest BCUT2D eigenvalue weighted by molar-refractivity contribution is 0.0601. The van der Waals surface area contributed by atoms with Gasteiger partial charge in [-0.05, 0) is 42.3 Å². The van der Waals surface area contributed by atoms with Gasteiger partial charge in [-0.15, -0.1) is 11.8 Å². The van der Waals surface area contributed by atoms with E-state index in [2.05, 4.69) is 4.98 Å². The molecule has 0 bridgehead atoms. The van der Waals surface area contributed by atoms with Gasteiger partial charge in [-0.25, -0.2) is 22.9 Å². The van der Waals surface area contributed by atoms with Crippen molar-refractivity contribution < 1.29 is 22.7 Å². The molecule has 0 aliphatic heterocycles. The van der Waals surface area contributed by atoms with Crippen LogP contribution in [0, 0.1) is 24.4 Å². The Morgan fingerprint density at radius 3 is 2.34 bits per heavy atom. The van der Waals surface area contributed by atoms with Crippen LogP contribution in [-0.2, 0) is 10.5 Å². The summed E-state index contributed by atoms with van der Waals surface area (Å²) >= 11 is 1.28. The van der Waals surface area contributed by atoms with E-state index in [0.717, 1.165) is 5.56 Å². The minimum Gasteiger partial charge on any atom is -0.465 e. The molecule has 7 heteroatoms. The normalized spacial score (nSPS) is 11.0. The van der Waals surface area contributed by atoms with E-state index in [9.17, 15) is 13.6 Å². The molecule has 4 rings (SSSR count). The Kier molecular flexibility index (Phi) is 6.19. The van der Waals surface area contributed by atoms with Gasteiger partial charge in [0, 0.05) is 16.0 Å². The summed E-state index contributed by atoms with van der Waals surface area (Å²) in [7, 11) is 1.24. The Bertz CT molecular complexity index is 1300. The fraction of sp³-hybridized carbons (Fsp3) is 0.120. The van der Waals surface area contributed by atoms with Gasteiger partial charge in [-0.1, -0.05) is 36.4 Å². The SMILES string of the molecule is COC(=O)c1ccc2c(C)c(F)c(-c3c(F)cc(SCc4ccccc4)cc3F)nc2c1. The molecule has 0 saturated carbocycles. The number of ether oxygens (including phenoxy) is 1. The molecule has 0 fully saturated rings. The van der Waals surface area contributed by atoms with Crippen LogP contribution in [0.1, 0.15) is 21.5 Å². The average molecular weight is 453 g/mol. The molecule has 0 aliphatic carbocycles. The van der Waals surface area contributed by atoms with Crippen LogP contribution in [-0.4, -0.2) is 18.1 Å². The third-order valence-electron chi connectivity index (χ3n) is 5.09. The zero-order valence-electron chi connectivity index (χ0n) is 17.3. The van der Waals surface area contributed by atoms with E-state index in [4.69, 9.17) is 4.74 Å². The molecule has 0 N–H and O–H groups in total. The van der Waals surface area contributed by atoms with Gasteiger partial charge in [-0.3, -0.25) is 0 Å². The number of thioether (sulfide) groups is 1. The van der Waals surface area contributed by atoms with E-state index < -0.39 is 34.7 Å². The number of esters is 1. The molecule has 0 amide bonds. The Labute approximate surface area is 187 Å². The second kappa shape index (κ2) is 9.04. The van der Waals surface area contributed by atoms with Gasteiger partial charge >= 0.3 is 5.97 Å². The topological polar surface area (TPSA) is 39.2 Å². The van der Waals surface area contributed by atoms with Crippen molar-refractivity contribution in [1.82, 2.24) is 4.98 Å². The van der Waals surface area contributed by atoms with Crippen LogP contribution in [0.2, 0.25) is 0 Å². The zero-order chi connectivity index (χ0) is 22.8. The molecule has 3 aromatic carbocycles. The van der Waals surface area contributed by atoms with Crippen LogP contribution in [0.5, 0.6) is 0 Å². The smallest absolute Gasteiger partial charge is 0.337 e. The number of carbonyl (C=O) groups is 1. The Hall–Kier alpha value is -3.32. The van der Waals surface area contributed by atoms with Crippen molar-refractivity contribution in [3.63, 3.8) is 0 Å². The van der Waals surface area contributed by atoms with Crippen LogP contribution in [0.4, 0.5) is 13.2 Å². The molecule has 0 saturated heterocycles. The summed E-state index contributed by atoms with van der Waals surface area (Å²) < 4.78 is 49.7. The number of benzene rings is 3. The second-order valence-corrected chi connectivity index (χ2v) is 8.21. The number of carbonyl (C=O) groups excluding carboxylic acids is 1. The van der Waals surface area contributed by atoms with Crippen LogP contribution < -0.4 is 0 Å². The Morgan fingerprint density at radius 1 is 1.00 bits per heavy atom. The third kappa shape index (κ3) is 4.21. The number of nitrogens with zero attached hydrogens (tertiary/aromatic N) is 1. The lowest BCUT2D eigenvalue weighted by Crippen LogP contribution is -2.03. The summed E-state index contributed by atoms with van der Waals surface area (Å²) in [6.07, 6.45) is 0. The van der Waals surface area contributed by atoms with Crippen molar-refractivity contribution in [2.24, 2.45) is 0 Å². The van der Waals surface area contributed by atoms with Crippen LogP contribution >= 0.6 is 11.8 Å². The van der Waals surface area contributed by atoms with Gasteiger partial charge in [0.15, 0.2) is 5.82 Å². The molecule has 32 heavy (non-hydrogen) atoms. The first kappa shape index (κ1) is 21.9. The molecule has 0 atom stereocenters. The summed E-state index contributed by atoms with van der Waals surface area (Å²) in [5.74, 6) is -2.68. The minimum atomic E-state index is -0.908. The summed E-state index contributed by atoms with van der Waals surface area (Å²) in [6, 6.07) is 16.3. The van der Waals surface area contributed by atoms with Gasteiger partial charge < -0.3 is 4.74 Å². The van der Waals surface area contributed by atoms with Crippen LogP contribution in [0.25, 0.3) is 22.2 Å². The van der Waals surface area contributed by atoms with Gasteiger partial charge in [0.25, 0.3) is 0 Å². The molecule has 0 radical (unpaired) electrons. The molecule has 0 unspecified atom stereocenters. The number of rotatable bonds is 5. The molecule has 0 aliphatic rings. The summed E-state index contributed by atoms with van der Waals surface area (Å²) in [4.78, 5) is 16.4. The predicted octanol–water partition coefficient (Wildman–Crippen LogP) is 6.71. The molecule has 0 spiro atoms. The first-order valence-electron chi connectivity index (χ1n) is 9.73. The van der Waals surface area contributed by atoms with E-state index in [0.29, 0.717) is 16.0 Å². The fourth-order valence-corrected chi connectivity index (χ4v) is 4.32. The van der Waals surface area contributed by atoms with E-state index in [1.165, 1.54) is 56.1 Å². The highest BCUT2D eigenvalue weighted by Gasteiger charge is 2.22. The predicted molar refractivity (Wildman–Crippen MR) is 119 cm³/mol. The number of hydrogen-bond acceptors (Lipinski definition) is 4. The largest absolute Gasteiger partial charge is 0.465 e.